The fourth-order valence-corrected chi connectivity index (χ4v) is 5.50. The van der Waals surface area contributed by atoms with Crippen molar-refractivity contribution in [2.24, 2.45) is 5.41 Å². The van der Waals surface area contributed by atoms with Crippen LogP contribution in [0.15, 0.2) is 30.5 Å². The number of aromatic amines is 1. The fraction of sp³-hybridized carbons (Fsp3) is 0.423. The van der Waals surface area contributed by atoms with Gasteiger partial charge in [0.2, 0.25) is 5.88 Å². The van der Waals surface area contributed by atoms with Crippen molar-refractivity contribution in [3.05, 3.63) is 41.0 Å². The molecule has 2 aromatic heterocycles. The Labute approximate surface area is 213 Å². The van der Waals surface area contributed by atoms with Crippen LogP contribution in [0.3, 0.4) is 0 Å². The van der Waals surface area contributed by atoms with E-state index in [4.69, 9.17) is 26.1 Å². The zero-order chi connectivity index (χ0) is 25.8. The lowest BCUT2D eigenvalue weighted by atomic mass is 9.60. The molecule has 3 heterocycles. The summed E-state index contributed by atoms with van der Waals surface area (Å²) in [6.45, 7) is 7.27. The lowest BCUT2D eigenvalue weighted by molar-refractivity contribution is 0.0212. The molecule has 2 aliphatic rings. The van der Waals surface area contributed by atoms with Crippen molar-refractivity contribution in [1.29, 1.82) is 0 Å². The average Bonchev–Trinajstić information content (AvgIpc) is 3.15. The van der Waals surface area contributed by atoms with Gasteiger partial charge in [-0.2, -0.15) is 4.98 Å². The zero-order valence-corrected chi connectivity index (χ0v) is 21.4. The minimum Gasteiger partial charge on any atom is -0.480 e. The first-order valence-electron chi connectivity index (χ1n) is 11.8. The van der Waals surface area contributed by atoms with Crippen LogP contribution in [0.2, 0.25) is 5.02 Å². The summed E-state index contributed by atoms with van der Waals surface area (Å²) in [7, 11) is 1.55. The first-order valence-corrected chi connectivity index (χ1v) is 12.2. The van der Waals surface area contributed by atoms with Crippen LogP contribution in [0, 0.1) is 5.41 Å². The van der Waals surface area contributed by atoms with Crippen molar-refractivity contribution in [2.45, 2.75) is 45.3 Å². The van der Waals surface area contributed by atoms with Gasteiger partial charge in [-0.1, -0.05) is 11.6 Å². The number of aromatic nitrogens is 2. The third kappa shape index (κ3) is 4.43. The number of carboxylic acid groups (broad SMARTS) is 1. The van der Waals surface area contributed by atoms with E-state index in [0.29, 0.717) is 32.9 Å². The molecule has 1 amide bonds. The van der Waals surface area contributed by atoms with Gasteiger partial charge in [-0.05, 0) is 57.9 Å². The Kier molecular flexibility index (Phi) is 5.78. The number of halogens is 1. The molecule has 1 saturated carbocycles. The molecule has 10 heteroatoms. The van der Waals surface area contributed by atoms with Gasteiger partial charge in [0.15, 0.2) is 0 Å². The number of nitrogens with one attached hydrogen (secondary N) is 2. The number of alkyl carbamates (subject to hydrolysis) is 1. The Morgan fingerprint density at radius 3 is 2.58 bits per heavy atom. The number of carboxylic acids is 1. The van der Waals surface area contributed by atoms with Crippen molar-refractivity contribution < 1.29 is 24.2 Å². The molecule has 1 saturated heterocycles. The van der Waals surface area contributed by atoms with Crippen molar-refractivity contribution >= 4 is 40.4 Å². The van der Waals surface area contributed by atoms with E-state index in [1.54, 1.807) is 19.2 Å². The van der Waals surface area contributed by atoms with Gasteiger partial charge in [0.1, 0.15) is 11.4 Å². The number of nitrogens with zero attached hydrogens (tertiary/aromatic N) is 2. The predicted octanol–water partition coefficient (Wildman–Crippen LogP) is 5.08. The van der Waals surface area contributed by atoms with E-state index >= 15 is 0 Å². The van der Waals surface area contributed by atoms with E-state index < -0.39 is 11.6 Å². The number of rotatable bonds is 5. The Hall–Kier alpha value is -3.46. The van der Waals surface area contributed by atoms with Crippen molar-refractivity contribution in [1.82, 2.24) is 15.3 Å². The van der Waals surface area contributed by atoms with Gasteiger partial charge in [-0.3, -0.25) is 0 Å². The highest BCUT2D eigenvalue weighted by Crippen LogP contribution is 2.50. The van der Waals surface area contributed by atoms with E-state index in [-0.39, 0.29) is 23.1 Å². The SMILES string of the molecule is COc1nc(N2CC3(CC(NC(=O)OC(C)(C)C)C3)C2)ccc1-c1cc2c(C(=O)O)c[nH]c2cc1Cl. The number of anilines is 1. The number of ether oxygens (including phenoxy) is 2. The third-order valence-electron chi connectivity index (χ3n) is 6.79. The maximum atomic E-state index is 12.0. The highest BCUT2D eigenvalue weighted by atomic mass is 35.5. The zero-order valence-electron chi connectivity index (χ0n) is 20.6. The molecule has 3 N–H and O–H groups in total. The normalized spacial score (nSPS) is 17.0. The lowest BCUT2D eigenvalue weighted by Gasteiger charge is -2.59. The molecule has 1 aliphatic carbocycles. The summed E-state index contributed by atoms with van der Waals surface area (Å²) in [5.41, 5.74) is 1.84. The van der Waals surface area contributed by atoms with Crippen molar-refractivity contribution in [3.8, 4) is 17.0 Å². The second-order valence-corrected chi connectivity index (χ2v) is 11.1. The first-order chi connectivity index (χ1) is 17.0. The number of hydrogen-bond acceptors (Lipinski definition) is 6. The predicted molar refractivity (Wildman–Crippen MR) is 137 cm³/mol. The third-order valence-corrected chi connectivity index (χ3v) is 7.10. The van der Waals surface area contributed by atoms with E-state index in [0.717, 1.165) is 31.7 Å². The van der Waals surface area contributed by atoms with Gasteiger partial charge < -0.3 is 29.8 Å². The second kappa shape index (κ2) is 8.58. The quantitative estimate of drug-likeness (QED) is 0.436. The maximum absolute atomic E-state index is 12.0. The maximum Gasteiger partial charge on any atom is 0.407 e. The molecule has 1 spiro atoms. The summed E-state index contributed by atoms with van der Waals surface area (Å²) in [5, 5.41) is 13.5. The molecular formula is C26H29ClN4O5. The Balaban J connectivity index is 1.28. The van der Waals surface area contributed by atoms with Crippen molar-refractivity contribution in [2.75, 3.05) is 25.1 Å². The molecule has 0 unspecified atom stereocenters. The largest absolute Gasteiger partial charge is 0.480 e. The number of methoxy groups -OCH3 is 1. The average molecular weight is 513 g/mol. The van der Waals surface area contributed by atoms with Crippen LogP contribution in [-0.2, 0) is 4.74 Å². The molecule has 190 valence electrons. The van der Waals surface area contributed by atoms with E-state index in [1.807, 2.05) is 32.9 Å². The molecule has 0 radical (unpaired) electrons. The highest BCUT2D eigenvalue weighted by molar-refractivity contribution is 6.34. The standard InChI is InChI=1S/C26H29ClN4O5/c1-25(2,3)36-24(34)29-14-9-26(10-14)12-31(13-26)21-6-5-15(22(30-21)35-4)16-7-17-18(23(32)33)11-28-20(17)8-19(16)27/h5-8,11,14,28H,9-10,12-13H2,1-4H3,(H,29,34)(H,32,33). The molecule has 36 heavy (non-hydrogen) atoms. The summed E-state index contributed by atoms with van der Waals surface area (Å²) >= 11 is 6.55. The number of H-pyrrole nitrogens is 1. The van der Waals surface area contributed by atoms with Gasteiger partial charge >= 0.3 is 12.1 Å². The monoisotopic (exact) mass is 512 g/mol. The van der Waals surface area contributed by atoms with Crippen LogP contribution in [0.1, 0.15) is 44.0 Å². The topological polar surface area (TPSA) is 117 Å². The van der Waals surface area contributed by atoms with E-state index in [2.05, 4.69) is 15.2 Å². The number of benzene rings is 1. The molecular weight excluding hydrogens is 484 g/mol. The fourth-order valence-electron chi connectivity index (χ4n) is 5.24. The summed E-state index contributed by atoms with van der Waals surface area (Å²) in [4.78, 5) is 33.4. The van der Waals surface area contributed by atoms with Gasteiger partial charge in [0.25, 0.3) is 0 Å². The Morgan fingerprint density at radius 2 is 1.94 bits per heavy atom. The molecule has 0 bridgehead atoms. The Morgan fingerprint density at radius 1 is 1.22 bits per heavy atom. The van der Waals surface area contributed by atoms with E-state index in [9.17, 15) is 14.7 Å². The summed E-state index contributed by atoms with van der Waals surface area (Å²) in [5.74, 6) is 0.205. The van der Waals surface area contributed by atoms with Gasteiger partial charge in [0.05, 0.1) is 17.7 Å². The number of amides is 1. The van der Waals surface area contributed by atoms with Crippen LogP contribution in [0.5, 0.6) is 5.88 Å². The number of carbonyl (C=O) groups is 2. The number of aromatic carboxylic acids is 1. The minimum absolute atomic E-state index is 0.132. The van der Waals surface area contributed by atoms with Gasteiger partial charge in [-0.15, -0.1) is 0 Å². The molecule has 1 aromatic carbocycles. The van der Waals surface area contributed by atoms with Crippen LogP contribution < -0.4 is 15.0 Å². The van der Waals surface area contributed by atoms with Crippen LogP contribution in [-0.4, -0.2) is 59.0 Å². The summed E-state index contributed by atoms with van der Waals surface area (Å²) in [6.07, 6.45) is 2.92. The Bertz CT molecular complexity index is 1350. The number of carbonyl (C=O) groups excluding carboxylic acids is 1. The van der Waals surface area contributed by atoms with Crippen LogP contribution in [0.4, 0.5) is 10.6 Å². The van der Waals surface area contributed by atoms with Gasteiger partial charge in [-0.25, -0.2) is 9.59 Å². The molecule has 5 rings (SSSR count). The lowest BCUT2D eigenvalue weighted by Crippen LogP contribution is -2.67. The van der Waals surface area contributed by atoms with Crippen LogP contribution >= 0.6 is 11.6 Å². The second-order valence-electron chi connectivity index (χ2n) is 10.7. The first kappa shape index (κ1) is 24.2. The summed E-state index contributed by atoms with van der Waals surface area (Å²) < 4.78 is 10.9. The molecule has 3 aromatic rings. The van der Waals surface area contributed by atoms with Gasteiger partial charge in [0, 0.05) is 52.8 Å². The minimum atomic E-state index is -1.01. The molecule has 9 nitrogen and oxygen atoms in total. The smallest absolute Gasteiger partial charge is 0.407 e. The number of fused-ring (bicyclic) bond motifs is 1. The van der Waals surface area contributed by atoms with Crippen LogP contribution in [0.25, 0.3) is 22.0 Å². The molecule has 2 fully saturated rings. The highest BCUT2D eigenvalue weighted by Gasteiger charge is 2.53. The number of hydrogen-bond donors (Lipinski definition) is 3. The number of pyridine rings is 1. The molecule has 0 atom stereocenters. The molecule has 1 aliphatic heterocycles. The van der Waals surface area contributed by atoms with Crippen molar-refractivity contribution in [3.63, 3.8) is 0 Å². The van der Waals surface area contributed by atoms with E-state index in [1.165, 1.54) is 6.20 Å². The summed E-state index contributed by atoms with van der Waals surface area (Å²) in [6, 6.07) is 7.42.